The van der Waals surface area contributed by atoms with Crippen LogP contribution in [0.3, 0.4) is 0 Å². The fourth-order valence-electron chi connectivity index (χ4n) is 1.93. The zero-order valence-corrected chi connectivity index (χ0v) is 10.7. The van der Waals surface area contributed by atoms with Gasteiger partial charge in [0, 0.05) is 33.0 Å². The maximum atomic E-state index is 13.0. The predicted octanol–water partition coefficient (Wildman–Crippen LogP) is 2.26. The van der Waals surface area contributed by atoms with Crippen LogP contribution in [0, 0.1) is 0 Å². The molecular weight excluding hydrogens is 280 g/mol. The Hall–Kier alpha value is -0.650. The molecule has 0 unspecified atom stereocenters. The number of alkyl halides is 2. The molecule has 0 spiro atoms. The number of piperidine rings is 1. The second-order valence-electron chi connectivity index (χ2n) is 4.19. The van der Waals surface area contributed by atoms with Crippen LogP contribution in [0.15, 0.2) is 17.0 Å². The fourth-order valence-corrected chi connectivity index (χ4v) is 2.41. The molecule has 3 nitrogen and oxygen atoms in total. The Bertz CT molecular complexity index is 331. The van der Waals surface area contributed by atoms with E-state index in [1.165, 1.54) is 0 Å². The summed E-state index contributed by atoms with van der Waals surface area (Å²) >= 11 is 3.32. The van der Waals surface area contributed by atoms with E-state index >= 15 is 0 Å². The predicted molar refractivity (Wildman–Crippen MR) is 62.8 cm³/mol. The highest BCUT2D eigenvalue weighted by Crippen LogP contribution is 2.30. The Labute approximate surface area is 102 Å². The first kappa shape index (κ1) is 11.8. The lowest BCUT2D eigenvalue weighted by molar-refractivity contribution is -0.0528. The van der Waals surface area contributed by atoms with Crippen LogP contribution in [-0.4, -0.2) is 47.0 Å². The zero-order chi connectivity index (χ0) is 11.8. The van der Waals surface area contributed by atoms with E-state index in [9.17, 15) is 8.78 Å². The van der Waals surface area contributed by atoms with E-state index in [1.54, 1.807) is 6.20 Å². The van der Waals surface area contributed by atoms with E-state index < -0.39 is 5.92 Å². The third-order valence-corrected chi connectivity index (χ3v) is 3.35. The van der Waals surface area contributed by atoms with Gasteiger partial charge in [-0.1, -0.05) is 0 Å². The molecule has 1 fully saturated rings. The molecule has 2 aliphatic rings. The van der Waals surface area contributed by atoms with Gasteiger partial charge in [-0.25, -0.2) is 13.8 Å². The summed E-state index contributed by atoms with van der Waals surface area (Å²) < 4.78 is 26.9. The van der Waals surface area contributed by atoms with Gasteiger partial charge >= 0.3 is 0 Å². The number of likely N-dealkylation sites (tertiary alicyclic amines) is 1. The average Bonchev–Trinajstić information content (AvgIpc) is 2.19. The lowest BCUT2D eigenvalue weighted by Crippen LogP contribution is -2.44. The minimum absolute atomic E-state index is 0.0664. The molecule has 0 radical (unpaired) electrons. The number of hydrogen-bond acceptors (Lipinski definition) is 3. The zero-order valence-electron chi connectivity index (χ0n) is 9.09. The van der Waals surface area contributed by atoms with Crippen molar-refractivity contribution >= 4 is 20.6 Å². The monoisotopic (exact) mass is 293 g/mol. The Morgan fingerprint density at radius 1 is 1.38 bits per heavy atom. The van der Waals surface area contributed by atoms with Crippen LogP contribution in [-0.2, 0) is 0 Å². The molecule has 2 heterocycles. The Kier molecular flexibility index (Phi) is 3.19. The van der Waals surface area contributed by atoms with Gasteiger partial charge < -0.3 is 9.80 Å². The van der Waals surface area contributed by atoms with E-state index in [2.05, 4.69) is 20.9 Å². The van der Waals surface area contributed by atoms with Gasteiger partial charge in [0.2, 0.25) is 0 Å². The Morgan fingerprint density at radius 2 is 2.00 bits per heavy atom. The number of hydrogen-bond donors (Lipinski definition) is 0. The molecule has 6 heteroatoms. The first-order valence-corrected chi connectivity index (χ1v) is 6.03. The minimum atomic E-state index is -2.49. The highest BCUT2D eigenvalue weighted by atomic mass is 79.9. The molecule has 1 saturated heterocycles. The van der Waals surface area contributed by atoms with Crippen LogP contribution in [0.5, 0.6) is 0 Å². The molecule has 16 heavy (non-hydrogen) atoms. The van der Waals surface area contributed by atoms with Crippen LogP contribution >= 0.6 is 15.9 Å². The molecule has 0 amide bonds. The maximum absolute atomic E-state index is 13.0. The van der Waals surface area contributed by atoms with Gasteiger partial charge in [0.1, 0.15) is 10.4 Å². The maximum Gasteiger partial charge on any atom is 0.251 e. The summed E-state index contributed by atoms with van der Waals surface area (Å²) in [6, 6.07) is 0. The summed E-state index contributed by atoms with van der Waals surface area (Å²) in [4.78, 5) is 8.16. The molecule has 2 rings (SSSR count). The first-order valence-electron chi connectivity index (χ1n) is 5.24. The van der Waals surface area contributed by atoms with Crippen LogP contribution < -0.4 is 0 Å². The van der Waals surface area contributed by atoms with Crippen molar-refractivity contribution in [2.75, 3.05) is 26.7 Å². The molecule has 0 aliphatic carbocycles. The van der Waals surface area contributed by atoms with Crippen LogP contribution in [0.2, 0.25) is 0 Å². The summed E-state index contributed by atoms with van der Waals surface area (Å²) in [6.07, 6.45) is 1.60. The van der Waals surface area contributed by atoms with E-state index in [4.69, 9.17) is 0 Å². The van der Waals surface area contributed by atoms with Crippen molar-refractivity contribution in [1.82, 2.24) is 9.80 Å². The van der Waals surface area contributed by atoms with Gasteiger partial charge in [0.15, 0.2) is 0 Å². The van der Waals surface area contributed by atoms with Crippen molar-refractivity contribution in [3.8, 4) is 0 Å². The third-order valence-electron chi connectivity index (χ3n) is 2.90. The van der Waals surface area contributed by atoms with Crippen molar-refractivity contribution in [2.24, 2.45) is 4.99 Å². The number of aliphatic imine (C=N–C) groups is 1. The van der Waals surface area contributed by atoms with Crippen LogP contribution in [0.25, 0.3) is 0 Å². The van der Waals surface area contributed by atoms with Crippen LogP contribution in [0.1, 0.15) is 12.8 Å². The van der Waals surface area contributed by atoms with Crippen molar-refractivity contribution in [2.45, 2.75) is 18.8 Å². The van der Waals surface area contributed by atoms with Gasteiger partial charge in [-0.2, -0.15) is 0 Å². The second-order valence-corrected chi connectivity index (χ2v) is 5.11. The van der Waals surface area contributed by atoms with Gasteiger partial charge in [0.25, 0.3) is 5.92 Å². The minimum Gasteiger partial charge on any atom is -0.357 e. The Balaban J connectivity index is 2.04. The first-order chi connectivity index (χ1) is 7.48. The van der Waals surface area contributed by atoms with Crippen molar-refractivity contribution in [3.05, 3.63) is 12.0 Å². The molecule has 0 aromatic carbocycles. The summed E-state index contributed by atoms with van der Waals surface area (Å²) in [5.74, 6) is -1.56. The van der Waals surface area contributed by atoms with E-state index in [0.717, 1.165) is 10.4 Å². The molecule has 0 saturated carbocycles. The number of nitrogens with zero attached hydrogens (tertiary/aromatic N) is 3. The molecule has 0 aromatic heterocycles. The average molecular weight is 294 g/mol. The largest absolute Gasteiger partial charge is 0.357 e. The van der Waals surface area contributed by atoms with E-state index in [-0.39, 0.29) is 12.8 Å². The summed E-state index contributed by atoms with van der Waals surface area (Å²) in [7, 11) is 1.94. The lowest BCUT2D eigenvalue weighted by Gasteiger charge is -2.39. The molecule has 0 N–H and O–H groups in total. The van der Waals surface area contributed by atoms with Crippen molar-refractivity contribution < 1.29 is 8.78 Å². The molecule has 2 aliphatic heterocycles. The van der Waals surface area contributed by atoms with Gasteiger partial charge in [0.05, 0.1) is 12.7 Å². The molecule has 0 aromatic rings. The molecular formula is C10H14BrF2N3. The number of halogens is 3. The van der Waals surface area contributed by atoms with E-state index in [0.29, 0.717) is 19.6 Å². The highest BCUT2D eigenvalue weighted by Gasteiger charge is 2.35. The lowest BCUT2D eigenvalue weighted by atomic mass is 10.1. The molecule has 0 bridgehead atoms. The third kappa shape index (κ3) is 2.53. The SMILES string of the molecule is CN1CC(Br)=NC=C1N1CCC(F)(F)CC1. The van der Waals surface area contributed by atoms with Gasteiger partial charge in [-0.05, 0) is 15.9 Å². The van der Waals surface area contributed by atoms with E-state index in [1.807, 2.05) is 16.8 Å². The van der Waals surface area contributed by atoms with Crippen molar-refractivity contribution in [3.63, 3.8) is 0 Å². The van der Waals surface area contributed by atoms with Crippen molar-refractivity contribution in [1.29, 1.82) is 0 Å². The molecule has 90 valence electrons. The quantitative estimate of drug-likeness (QED) is 0.738. The smallest absolute Gasteiger partial charge is 0.251 e. The Morgan fingerprint density at radius 3 is 2.56 bits per heavy atom. The standard InChI is InChI=1S/C10H14BrF2N3/c1-15-7-8(11)14-6-9(15)16-4-2-10(12,13)3-5-16/h6H,2-5,7H2,1H3. The van der Waals surface area contributed by atoms with Gasteiger partial charge in [-0.15, -0.1) is 0 Å². The summed E-state index contributed by atoms with van der Waals surface area (Å²) in [6.45, 7) is 1.49. The number of rotatable bonds is 1. The second kappa shape index (κ2) is 4.31. The fraction of sp³-hybridized carbons (Fsp3) is 0.700. The molecule has 0 atom stereocenters. The normalized spacial score (nSPS) is 25.2. The summed E-state index contributed by atoms with van der Waals surface area (Å²) in [5, 5.41) is 0. The summed E-state index contributed by atoms with van der Waals surface area (Å²) in [5.41, 5.74) is 0. The van der Waals surface area contributed by atoms with Crippen LogP contribution in [0.4, 0.5) is 8.78 Å². The van der Waals surface area contributed by atoms with Gasteiger partial charge in [-0.3, -0.25) is 0 Å². The topological polar surface area (TPSA) is 18.8 Å². The highest BCUT2D eigenvalue weighted by molar-refractivity contribution is 9.18.